The number of rotatable bonds is 7. The van der Waals surface area contributed by atoms with E-state index >= 15 is 0 Å². The standard InChI is InChI=1S/C31H32N2O5/c1-20(2)19-38-26-7-5-6-22(18-26)29(35)27-28(21-8-14-25(34)15-9-21)33(31(37)30(27)36)24-12-10-23(11-13-24)32-16-3-4-17-32/h5-15,18,20,28,34-35H,3-4,16-17,19H2,1-2H3/b29-27+. The van der Waals surface area contributed by atoms with Gasteiger partial charge in [0.1, 0.15) is 17.3 Å². The predicted octanol–water partition coefficient (Wildman–Crippen LogP) is 5.65. The number of phenols is 1. The van der Waals surface area contributed by atoms with Gasteiger partial charge in [0.05, 0.1) is 18.2 Å². The molecule has 1 amide bonds. The molecule has 0 aromatic heterocycles. The highest BCUT2D eigenvalue weighted by Crippen LogP contribution is 2.43. The molecule has 196 valence electrons. The Labute approximate surface area is 222 Å². The molecule has 3 aromatic rings. The summed E-state index contributed by atoms with van der Waals surface area (Å²) in [6, 6.07) is 20.0. The molecule has 7 heteroatoms. The van der Waals surface area contributed by atoms with Crippen LogP contribution < -0.4 is 14.5 Å². The lowest BCUT2D eigenvalue weighted by Gasteiger charge is -2.26. The van der Waals surface area contributed by atoms with Crippen molar-refractivity contribution in [2.45, 2.75) is 32.7 Å². The number of benzene rings is 3. The van der Waals surface area contributed by atoms with E-state index in [1.807, 2.05) is 38.1 Å². The zero-order chi connectivity index (χ0) is 26.8. The van der Waals surface area contributed by atoms with Crippen molar-refractivity contribution >= 4 is 28.8 Å². The lowest BCUT2D eigenvalue weighted by atomic mass is 9.95. The van der Waals surface area contributed by atoms with Crippen molar-refractivity contribution in [1.29, 1.82) is 0 Å². The molecule has 2 heterocycles. The largest absolute Gasteiger partial charge is 0.508 e. The number of phenolic OH excluding ortho intramolecular Hbond substituents is 1. The van der Waals surface area contributed by atoms with Gasteiger partial charge in [-0.05, 0) is 72.9 Å². The number of carbonyl (C=O) groups is 2. The molecule has 0 radical (unpaired) electrons. The van der Waals surface area contributed by atoms with Crippen LogP contribution in [0.2, 0.25) is 0 Å². The summed E-state index contributed by atoms with van der Waals surface area (Å²) in [4.78, 5) is 30.6. The van der Waals surface area contributed by atoms with Crippen molar-refractivity contribution in [1.82, 2.24) is 0 Å². The minimum Gasteiger partial charge on any atom is -0.508 e. The first-order valence-electron chi connectivity index (χ1n) is 13.0. The molecule has 2 fully saturated rings. The monoisotopic (exact) mass is 512 g/mol. The van der Waals surface area contributed by atoms with Gasteiger partial charge in [-0.3, -0.25) is 14.5 Å². The molecule has 2 N–H and O–H groups in total. The number of ketones is 1. The summed E-state index contributed by atoms with van der Waals surface area (Å²) in [7, 11) is 0. The molecule has 2 saturated heterocycles. The zero-order valence-corrected chi connectivity index (χ0v) is 21.6. The van der Waals surface area contributed by atoms with E-state index in [0.717, 1.165) is 31.6 Å². The SMILES string of the molecule is CC(C)COc1cccc(/C(O)=C2\C(=O)C(=O)N(c3ccc(N4CCCC4)cc3)C2c2ccc(O)cc2)c1. The van der Waals surface area contributed by atoms with Gasteiger partial charge in [-0.25, -0.2) is 0 Å². The Morgan fingerprint density at radius 3 is 2.26 bits per heavy atom. The smallest absolute Gasteiger partial charge is 0.300 e. The molecular weight excluding hydrogens is 480 g/mol. The van der Waals surface area contributed by atoms with E-state index < -0.39 is 17.7 Å². The summed E-state index contributed by atoms with van der Waals surface area (Å²) < 4.78 is 5.81. The average Bonchev–Trinajstić information content (AvgIpc) is 3.55. The van der Waals surface area contributed by atoms with E-state index in [4.69, 9.17) is 4.74 Å². The van der Waals surface area contributed by atoms with E-state index in [9.17, 15) is 19.8 Å². The molecule has 0 aliphatic carbocycles. The van der Waals surface area contributed by atoms with Crippen molar-refractivity contribution in [2.75, 3.05) is 29.5 Å². The van der Waals surface area contributed by atoms with Crippen LogP contribution in [0.3, 0.4) is 0 Å². The van der Waals surface area contributed by atoms with E-state index in [0.29, 0.717) is 35.1 Å². The van der Waals surface area contributed by atoms with Gasteiger partial charge in [0, 0.05) is 30.0 Å². The van der Waals surface area contributed by atoms with E-state index in [-0.39, 0.29) is 17.1 Å². The normalized spacial score (nSPS) is 19.0. The van der Waals surface area contributed by atoms with Gasteiger partial charge < -0.3 is 19.8 Å². The van der Waals surface area contributed by atoms with E-state index in [2.05, 4.69) is 4.90 Å². The molecule has 0 bridgehead atoms. The fourth-order valence-corrected chi connectivity index (χ4v) is 5.02. The van der Waals surface area contributed by atoms with E-state index in [1.165, 1.54) is 17.0 Å². The van der Waals surface area contributed by atoms with Crippen LogP contribution in [-0.2, 0) is 9.59 Å². The number of aliphatic hydroxyl groups is 1. The Morgan fingerprint density at radius 1 is 0.947 bits per heavy atom. The summed E-state index contributed by atoms with van der Waals surface area (Å²) >= 11 is 0. The van der Waals surface area contributed by atoms with Gasteiger partial charge in [0.15, 0.2) is 0 Å². The predicted molar refractivity (Wildman–Crippen MR) is 148 cm³/mol. The number of aromatic hydroxyl groups is 1. The van der Waals surface area contributed by atoms with Crippen LogP contribution in [0.15, 0.2) is 78.4 Å². The number of ether oxygens (including phenoxy) is 1. The molecule has 7 nitrogen and oxygen atoms in total. The molecule has 38 heavy (non-hydrogen) atoms. The minimum atomic E-state index is -0.867. The third-order valence-electron chi connectivity index (χ3n) is 6.94. The summed E-state index contributed by atoms with van der Waals surface area (Å²) in [5, 5.41) is 21.3. The van der Waals surface area contributed by atoms with Gasteiger partial charge in [0.2, 0.25) is 0 Å². The maximum Gasteiger partial charge on any atom is 0.300 e. The van der Waals surface area contributed by atoms with Crippen molar-refractivity contribution in [3.63, 3.8) is 0 Å². The Morgan fingerprint density at radius 2 is 1.61 bits per heavy atom. The number of amides is 1. The molecule has 1 unspecified atom stereocenters. The number of carbonyl (C=O) groups excluding carboxylic acids is 2. The summed E-state index contributed by atoms with van der Waals surface area (Å²) in [5.41, 5.74) is 2.60. The molecule has 3 aromatic carbocycles. The van der Waals surface area contributed by atoms with E-state index in [1.54, 1.807) is 36.4 Å². The highest BCUT2D eigenvalue weighted by atomic mass is 16.5. The maximum absolute atomic E-state index is 13.4. The molecule has 5 rings (SSSR count). The second-order valence-electron chi connectivity index (χ2n) is 10.2. The van der Waals surface area contributed by atoms with Crippen LogP contribution in [0.1, 0.15) is 43.9 Å². The molecular formula is C31H32N2O5. The maximum atomic E-state index is 13.4. The third kappa shape index (κ3) is 4.96. The first-order chi connectivity index (χ1) is 18.3. The van der Waals surface area contributed by atoms with Gasteiger partial charge >= 0.3 is 0 Å². The zero-order valence-electron chi connectivity index (χ0n) is 21.6. The second kappa shape index (κ2) is 10.6. The highest BCUT2D eigenvalue weighted by molar-refractivity contribution is 6.51. The highest BCUT2D eigenvalue weighted by Gasteiger charge is 2.47. The number of Topliss-reactive ketones (excluding diaryl/α,β-unsaturated/α-hetero) is 1. The average molecular weight is 513 g/mol. The fourth-order valence-electron chi connectivity index (χ4n) is 5.02. The van der Waals surface area contributed by atoms with Crippen LogP contribution in [0.4, 0.5) is 11.4 Å². The van der Waals surface area contributed by atoms with Crippen molar-refractivity contribution in [2.24, 2.45) is 5.92 Å². The van der Waals surface area contributed by atoms with Crippen molar-refractivity contribution in [3.05, 3.63) is 89.5 Å². The molecule has 1 atom stereocenters. The summed E-state index contributed by atoms with van der Waals surface area (Å²) in [6.45, 7) is 6.59. The Bertz CT molecular complexity index is 1360. The molecule has 2 aliphatic heterocycles. The lowest BCUT2D eigenvalue weighted by molar-refractivity contribution is -0.132. The number of aliphatic hydroxyl groups excluding tert-OH is 1. The van der Waals surface area contributed by atoms with Crippen LogP contribution >= 0.6 is 0 Å². The number of nitrogens with zero attached hydrogens (tertiary/aromatic N) is 2. The Balaban J connectivity index is 1.58. The molecule has 2 aliphatic rings. The topological polar surface area (TPSA) is 90.3 Å². The van der Waals surface area contributed by atoms with Crippen LogP contribution in [-0.4, -0.2) is 41.6 Å². The molecule has 0 saturated carbocycles. The van der Waals surface area contributed by atoms with Gasteiger partial charge in [-0.15, -0.1) is 0 Å². The third-order valence-corrected chi connectivity index (χ3v) is 6.94. The van der Waals surface area contributed by atoms with Crippen LogP contribution in [0.25, 0.3) is 5.76 Å². The number of hydrogen-bond donors (Lipinski definition) is 2. The van der Waals surface area contributed by atoms with Gasteiger partial charge in [-0.1, -0.05) is 38.1 Å². The lowest BCUT2D eigenvalue weighted by Crippen LogP contribution is -2.29. The van der Waals surface area contributed by atoms with Crippen LogP contribution in [0, 0.1) is 5.92 Å². The van der Waals surface area contributed by atoms with Crippen molar-refractivity contribution in [3.8, 4) is 11.5 Å². The second-order valence-corrected chi connectivity index (χ2v) is 10.2. The van der Waals surface area contributed by atoms with Crippen LogP contribution in [0.5, 0.6) is 11.5 Å². The fraction of sp³-hybridized carbons (Fsp3) is 0.290. The minimum absolute atomic E-state index is 0.00896. The Hall–Kier alpha value is -4.26. The Kier molecular flexibility index (Phi) is 7.09. The van der Waals surface area contributed by atoms with Crippen molar-refractivity contribution < 1.29 is 24.5 Å². The first kappa shape index (κ1) is 25.4. The number of anilines is 2. The molecule has 0 spiro atoms. The number of hydrogen-bond acceptors (Lipinski definition) is 6. The quantitative estimate of drug-likeness (QED) is 0.241. The summed E-state index contributed by atoms with van der Waals surface area (Å²) in [5.74, 6) is -0.800. The summed E-state index contributed by atoms with van der Waals surface area (Å²) in [6.07, 6.45) is 2.31. The van der Waals surface area contributed by atoms with Gasteiger partial charge in [-0.2, -0.15) is 0 Å². The van der Waals surface area contributed by atoms with Gasteiger partial charge in [0.25, 0.3) is 11.7 Å². The first-order valence-corrected chi connectivity index (χ1v) is 13.0.